The smallest absolute Gasteiger partial charge is 0.336 e. The zero-order valence-corrected chi connectivity index (χ0v) is 37.6. The fourth-order valence-electron chi connectivity index (χ4n) is 6.87. The van der Waals surface area contributed by atoms with Gasteiger partial charge in [-0.15, -0.1) is 0 Å². The maximum Gasteiger partial charge on any atom is 0.336 e. The van der Waals surface area contributed by atoms with E-state index in [1.165, 1.54) is 31.2 Å². The number of nitrogens with two attached hydrogens (primary N) is 2. The Kier molecular flexibility index (Phi) is 17.3. The Morgan fingerprint density at radius 2 is 1.46 bits per heavy atom. The summed E-state index contributed by atoms with van der Waals surface area (Å²) in [6.45, 7) is 7.48. The van der Waals surface area contributed by atoms with E-state index in [2.05, 4.69) is 51.8 Å². The number of anilines is 4. The van der Waals surface area contributed by atoms with Crippen molar-refractivity contribution in [2.75, 3.05) is 35.2 Å². The van der Waals surface area contributed by atoms with Gasteiger partial charge < -0.3 is 48.5 Å². The molecule has 4 aromatic rings. The third kappa shape index (κ3) is 14.2. The van der Waals surface area contributed by atoms with Gasteiger partial charge in [0.1, 0.15) is 12.1 Å². The first kappa shape index (κ1) is 50.0. The second kappa shape index (κ2) is 23.2. The molecule has 0 aliphatic carbocycles. The zero-order chi connectivity index (χ0) is 48.8. The number of fused-ring (bicyclic) bond motifs is 1. The van der Waals surface area contributed by atoms with Gasteiger partial charge in [0.15, 0.2) is 17.0 Å². The largest absolute Gasteiger partial charge is 0.478 e. The summed E-state index contributed by atoms with van der Waals surface area (Å²) in [4.78, 5) is 118. The number of carboxylic acid groups (broad SMARTS) is 1. The molecule has 0 radical (unpaired) electrons. The maximum atomic E-state index is 13.2. The highest BCUT2D eigenvalue weighted by Gasteiger charge is 2.28. The number of hydrogen-bond acceptors (Lipinski definition) is 15. The van der Waals surface area contributed by atoms with E-state index in [1.54, 1.807) is 44.3 Å². The van der Waals surface area contributed by atoms with Gasteiger partial charge in [-0.1, -0.05) is 20.3 Å². The molecule has 0 spiro atoms. The summed E-state index contributed by atoms with van der Waals surface area (Å²) in [5.41, 5.74) is 13.5. The molecule has 3 atom stereocenters. The quantitative estimate of drug-likeness (QED) is 0.0381. The molecule has 11 N–H and O–H groups in total. The van der Waals surface area contributed by atoms with Crippen LogP contribution in [-0.2, 0) is 30.5 Å². The summed E-state index contributed by atoms with van der Waals surface area (Å²) in [7, 11) is 0. The van der Waals surface area contributed by atoms with Gasteiger partial charge in [0.2, 0.25) is 23.7 Å². The summed E-state index contributed by atoms with van der Waals surface area (Å²) >= 11 is 0. The average Bonchev–Trinajstić information content (AvgIpc) is 3.61. The molecule has 0 fully saturated rings. The monoisotopic (exact) mass is 921 g/mol. The summed E-state index contributed by atoms with van der Waals surface area (Å²) < 4.78 is 0. The predicted octanol–water partition coefficient (Wildman–Crippen LogP) is 2.29. The molecule has 2 aromatic carbocycles. The van der Waals surface area contributed by atoms with E-state index in [4.69, 9.17) is 11.5 Å². The number of aromatic nitrogens is 4. The molecule has 7 amide bonds. The molecular formula is C45H55N13O9. The number of imide groups is 1. The van der Waals surface area contributed by atoms with Crippen LogP contribution in [0, 0.1) is 5.92 Å². The van der Waals surface area contributed by atoms with E-state index in [-0.39, 0.29) is 83.7 Å². The Balaban J connectivity index is 1.01. The zero-order valence-electron chi connectivity index (χ0n) is 37.6. The standard InChI is InChI=1S/C45H55N13O9/c1-24(2)36(55-33(59)10-6-5-7-20-58-34(60)17-18-35(58)61)43(65)52-26(4)40(62)54-29-15-16-31(32(21-29)44(66)67)42(64)48-19-8-9-25(3)51-41(63)27-11-13-28(14-12-27)49-22-30-23-50-39-37(53-30)38(46)56-45(47)57-39/h11-18,21,23-26,36,49H,5-10,19-20,22H2,1-4H3,(H,48,64)(H,51,63)(H,52,65)(H,54,62)(H,55,59)(H,66,67)(H4,46,47,50,56,57)/t25-,26+,36+/m1/s1. The summed E-state index contributed by atoms with van der Waals surface area (Å²) in [6.07, 6.45) is 6.63. The van der Waals surface area contributed by atoms with Gasteiger partial charge in [0.25, 0.3) is 23.6 Å². The van der Waals surface area contributed by atoms with Crippen molar-refractivity contribution in [3.05, 3.63) is 83.2 Å². The number of nitrogens with one attached hydrogen (secondary N) is 6. The lowest BCUT2D eigenvalue weighted by atomic mass is 10.0. The van der Waals surface area contributed by atoms with Crippen LogP contribution in [0.4, 0.5) is 23.1 Å². The lowest BCUT2D eigenvalue weighted by Crippen LogP contribution is -2.53. The molecule has 354 valence electrons. The van der Waals surface area contributed by atoms with Crippen molar-refractivity contribution < 1.29 is 43.5 Å². The van der Waals surface area contributed by atoms with Crippen molar-refractivity contribution in [2.45, 2.75) is 90.9 Å². The van der Waals surface area contributed by atoms with Crippen molar-refractivity contribution in [1.29, 1.82) is 0 Å². The molecule has 5 rings (SSSR count). The number of hydrogen-bond donors (Lipinski definition) is 9. The summed E-state index contributed by atoms with van der Waals surface area (Å²) in [6, 6.07) is 8.33. The third-order valence-electron chi connectivity index (χ3n) is 10.6. The van der Waals surface area contributed by atoms with Gasteiger partial charge in [-0.3, -0.25) is 38.5 Å². The number of rotatable bonds is 23. The second-order valence-corrected chi connectivity index (χ2v) is 16.3. The van der Waals surface area contributed by atoms with E-state index in [0.717, 1.165) is 16.7 Å². The van der Waals surface area contributed by atoms with Crippen LogP contribution < -0.4 is 43.4 Å². The first-order chi connectivity index (χ1) is 31.9. The number of carbonyl (C=O) groups excluding carboxylic acids is 7. The van der Waals surface area contributed by atoms with Gasteiger partial charge >= 0.3 is 5.97 Å². The SMILES string of the molecule is CC(C)[C@H](NC(=O)CCCCCN1C(=O)C=CC1=O)C(=O)N[C@@H](C)C(=O)Nc1ccc(C(=O)NCCC[C@@H](C)NC(=O)c2ccc(NCc3cnc4nc(N)nc(N)c4n3)cc2)c(C(=O)O)c1. The molecule has 22 nitrogen and oxygen atoms in total. The molecule has 67 heavy (non-hydrogen) atoms. The van der Waals surface area contributed by atoms with Crippen LogP contribution in [0.3, 0.4) is 0 Å². The Morgan fingerprint density at radius 3 is 2.15 bits per heavy atom. The van der Waals surface area contributed by atoms with Crippen LogP contribution in [0.5, 0.6) is 0 Å². The number of nitrogen functional groups attached to an aromatic ring is 2. The molecule has 2 aromatic heterocycles. The van der Waals surface area contributed by atoms with Crippen molar-refractivity contribution in [3.8, 4) is 0 Å². The molecule has 0 saturated carbocycles. The van der Waals surface area contributed by atoms with Crippen LogP contribution in [0.25, 0.3) is 11.2 Å². The number of benzene rings is 2. The fraction of sp³-hybridized carbons (Fsp3) is 0.378. The molecule has 3 heterocycles. The molecule has 1 aliphatic rings. The number of carboxylic acids is 1. The van der Waals surface area contributed by atoms with Crippen LogP contribution in [-0.4, -0.2) is 108 Å². The lowest BCUT2D eigenvalue weighted by molar-refractivity contribution is -0.137. The minimum atomic E-state index is -1.40. The third-order valence-corrected chi connectivity index (χ3v) is 10.6. The van der Waals surface area contributed by atoms with Crippen molar-refractivity contribution in [3.63, 3.8) is 0 Å². The lowest BCUT2D eigenvalue weighted by Gasteiger charge is -2.24. The average molecular weight is 922 g/mol. The first-order valence-electron chi connectivity index (χ1n) is 21.7. The maximum absolute atomic E-state index is 13.2. The Labute approximate surface area is 385 Å². The molecule has 22 heteroatoms. The van der Waals surface area contributed by atoms with E-state index in [0.29, 0.717) is 61.1 Å². The highest BCUT2D eigenvalue weighted by Crippen LogP contribution is 2.19. The van der Waals surface area contributed by atoms with Gasteiger partial charge in [0, 0.05) is 54.6 Å². The van der Waals surface area contributed by atoms with Crippen molar-refractivity contribution >= 4 is 81.6 Å². The van der Waals surface area contributed by atoms with E-state index in [1.807, 2.05) is 6.92 Å². The van der Waals surface area contributed by atoms with E-state index in [9.17, 15) is 43.5 Å². The predicted molar refractivity (Wildman–Crippen MR) is 247 cm³/mol. The van der Waals surface area contributed by atoms with Gasteiger partial charge in [0.05, 0.1) is 29.6 Å². The van der Waals surface area contributed by atoms with Gasteiger partial charge in [-0.25, -0.2) is 14.8 Å². The van der Waals surface area contributed by atoms with Crippen LogP contribution >= 0.6 is 0 Å². The van der Waals surface area contributed by atoms with Crippen molar-refractivity contribution in [2.24, 2.45) is 5.92 Å². The molecular weight excluding hydrogens is 867 g/mol. The van der Waals surface area contributed by atoms with Gasteiger partial charge in [-0.2, -0.15) is 9.97 Å². The summed E-state index contributed by atoms with van der Waals surface area (Å²) in [5, 5.41) is 26.6. The number of carbonyl (C=O) groups is 8. The normalized spacial score (nSPS) is 13.5. The Morgan fingerprint density at radius 1 is 0.761 bits per heavy atom. The van der Waals surface area contributed by atoms with Crippen molar-refractivity contribution in [1.82, 2.24) is 46.1 Å². The fourth-order valence-corrected chi connectivity index (χ4v) is 6.87. The minimum absolute atomic E-state index is 0.00843. The molecule has 0 saturated heterocycles. The van der Waals surface area contributed by atoms with Crippen LogP contribution in [0.2, 0.25) is 0 Å². The minimum Gasteiger partial charge on any atom is -0.478 e. The van der Waals surface area contributed by atoms with Crippen LogP contribution in [0.15, 0.2) is 60.8 Å². The topological polar surface area (TPSA) is 336 Å². The highest BCUT2D eigenvalue weighted by molar-refractivity contribution is 6.13. The molecule has 0 unspecified atom stereocenters. The van der Waals surface area contributed by atoms with Crippen LogP contribution in [0.1, 0.15) is 103 Å². The Bertz CT molecular complexity index is 2530. The number of amides is 7. The molecule has 1 aliphatic heterocycles. The van der Waals surface area contributed by atoms with Gasteiger partial charge in [-0.05, 0) is 87.9 Å². The van der Waals surface area contributed by atoms with E-state index < -0.39 is 35.8 Å². The number of unbranched alkanes of at least 4 members (excludes halogenated alkanes) is 2. The Hall–Kier alpha value is -8.04. The number of nitrogens with zero attached hydrogens (tertiary/aromatic N) is 5. The first-order valence-corrected chi connectivity index (χ1v) is 21.7. The summed E-state index contributed by atoms with van der Waals surface area (Å²) in [5.74, 6) is -4.90. The number of aromatic carboxylic acids is 1. The van der Waals surface area contributed by atoms with E-state index >= 15 is 0 Å². The second-order valence-electron chi connectivity index (χ2n) is 16.3. The molecule has 0 bridgehead atoms. The highest BCUT2D eigenvalue weighted by atomic mass is 16.4.